The lowest BCUT2D eigenvalue weighted by Crippen LogP contribution is -2.57. The first-order valence-corrected chi connectivity index (χ1v) is 4.81. The summed E-state index contributed by atoms with van der Waals surface area (Å²) in [6, 6.07) is 0. The maximum absolute atomic E-state index is 12.6. The summed E-state index contributed by atoms with van der Waals surface area (Å²) in [5.41, 5.74) is -1.34. The number of halogens is 3. The average Bonchev–Trinajstić information content (AvgIpc) is 1.92. The molecular formula is C10H15F3O2. The van der Waals surface area contributed by atoms with Crippen molar-refractivity contribution >= 4 is 0 Å². The van der Waals surface area contributed by atoms with Crippen molar-refractivity contribution in [3.05, 3.63) is 11.6 Å². The van der Waals surface area contributed by atoms with Gasteiger partial charge >= 0.3 is 6.18 Å². The predicted octanol–water partition coefficient (Wildman–Crippen LogP) is 2.43. The topological polar surface area (TPSA) is 29.5 Å². The van der Waals surface area contributed by atoms with Crippen LogP contribution in [0.4, 0.5) is 13.2 Å². The number of hydrogen-bond acceptors (Lipinski definition) is 2. The normalized spacial score (nSPS) is 28.1. The highest BCUT2D eigenvalue weighted by Gasteiger charge is 2.60. The quantitative estimate of drug-likeness (QED) is 0.746. The van der Waals surface area contributed by atoms with Gasteiger partial charge in [-0.2, -0.15) is 13.2 Å². The van der Waals surface area contributed by atoms with Crippen molar-refractivity contribution in [1.29, 1.82) is 0 Å². The van der Waals surface area contributed by atoms with E-state index < -0.39 is 24.3 Å². The molecule has 0 bridgehead atoms. The Morgan fingerprint density at radius 1 is 1.53 bits per heavy atom. The van der Waals surface area contributed by atoms with E-state index >= 15 is 0 Å². The van der Waals surface area contributed by atoms with Gasteiger partial charge in [-0.15, -0.1) is 0 Å². The van der Waals surface area contributed by atoms with Gasteiger partial charge in [-0.1, -0.05) is 11.6 Å². The largest absolute Gasteiger partial charge is 0.417 e. The molecule has 1 aliphatic heterocycles. The first-order chi connectivity index (χ1) is 6.77. The summed E-state index contributed by atoms with van der Waals surface area (Å²) in [5.74, 6) is 0. The lowest BCUT2D eigenvalue weighted by Gasteiger charge is -2.43. The molecule has 88 valence electrons. The van der Waals surface area contributed by atoms with Crippen LogP contribution in [0.5, 0.6) is 0 Å². The molecule has 0 spiro atoms. The van der Waals surface area contributed by atoms with Gasteiger partial charge in [0, 0.05) is 12.8 Å². The maximum Gasteiger partial charge on any atom is 0.417 e. The third-order valence-corrected chi connectivity index (χ3v) is 2.47. The van der Waals surface area contributed by atoms with Crippen LogP contribution >= 0.6 is 0 Å². The summed E-state index contributed by atoms with van der Waals surface area (Å²) in [6.07, 6.45) is -4.57. The van der Waals surface area contributed by atoms with E-state index in [-0.39, 0.29) is 13.0 Å². The van der Waals surface area contributed by atoms with Crippen molar-refractivity contribution in [2.75, 3.05) is 6.61 Å². The van der Waals surface area contributed by atoms with Crippen LogP contribution < -0.4 is 0 Å². The fraction of sp³-hybridized carbons (Fsp3) is 0.800. The molecule has 1 saturated heterocycles. The fourth-order valence-electron chi connectivity index (χ4n) is 1.63. The SMILES string of the molecule is CC(C)=CC(O)CC1(C(F)(F)F)CCO1. The van der Waals surface area contributed by atoms with Crippen LogP contribution in [0.2, 0.25) is 0 Å². The van der Waals surface area contributed by atoms with Crippen LogP contribution in [0, 0.1) is 0 Å². The molecule has 5 heteroatoms. The van der Waals surface area contributed by atoms with E-state index in [9.17, 15) is 18.3 Å². The molecule has 0 saturated carbocycles. The number of aliphatic hydroxyl groups excluding tert-OH is 1. The predicted molar refractivity (Wildman–Crippen MR) is 49.4 cm³/mol. The second kappa shape index (κ2) is 4.14. The van der Waals surface area contributed by atoms with Gasteiger partial charge in [0.15, 0.2) is 5.60 Å². The van der Waals surface area contributed by atoms with E-state index in [1.54, 1.807) is 13.8 Å². The summed E-state index contributed by atoms with van der Waals surface area (Å²) in [5, 5.41) is 9.43. The monoisotopic (exact) mass is 224 g/mol. The molecule has 0 aromatic heterocycles. The van der Waals surface area contributed by atoms with Gasteiger partial charge in [0.25, 0.3) is 0 Å². The van der Waals surface area contributed by atoms with Crippen molar-refractivity contribution in [3.63, 3.8) is 0 Å². The van der Waals surface area contributed by atoms with Gasteiger partial charge < -0.3 is 9.84 Å². The lowest BCUT2D eigenvalue weighted by atomic mass is 9.87. The summed E-state index contributed by atoms with van der Waals surface area (Å²) >= 11 is 0. The molecule has 1 fully saturated rings. The van der Waals surface area contributed by atoms with E-state index in [1.165, 1.54) is 6.08 Å². The van der Waals surface area contributed by atoms with Crippen LogP contribution in [0.15, 0.2) is 11.6 Å². The molecule has 15 heavy (non-hydrogen) atoms. The average molecular weight is 224 g/mol. The Hall–Kier alpha value is -0.550. The molecule has 0 radical (unpaired) electrons. The molecule has 0 amide bonds. The van der Waals surface area contributed by atoms with Crippen molar-refractivity contribution in [2.45, 2.75) is 44.6 Å². The third kappa shape index (κ3) is 2.72. The molecule has 0 aromatic rings. The molecular weight excluding hydrogens is 209 g/mol. The van der Waals surface area contributed by atoms with Gasteiger partial charge in [-0.25, -0.2) is 0 Å². The zero-order chi connectivity index (χ0) is 11.7. The number of rotatable bonds is 3. The van der Waals surface area contributed by atoms with E-state index in [1.807, 2.05) is 0 Å². The highest BCUT2D eigenvalue weighted by molar-refractivity contribution is 5.04. The van der Waals surface area contributed by atoms with Crippen LogP contribution in [-0.4, -0.2) is 29.6 Å². The van der Waals surface area contributed by atoms with Crippen LogP contribution in [-0.2, 0) is 4.74 Å². The molecule has 2 unspecified atom stereocenters. The van der Waals surface area contributed by atoms with E-state index in [0.717, 1.165) is 5.57 Å². The van der Waals surface area contributed by atoms with Crippen molar-refractivity contribution < 1.29 is 23.0 Å². The smallest absolute Gasteiger partial charge is 0.389 e. The van der Waals surface area contributed by atoms with Crippen molar-refractivity contribution in [3.8, 4) is 0 Å². The number of allylic oxidation sites excluding steroid dienone is 1. The molecule has 2 atom stereocenters. The Kier molecular flexibility index (Phi) is 3.45. The van der Waals surface area contributed by atoms with E-state index in [4.69, 9.17) is 0 Å². The maximum atomic E-state index is 12.6. The summed E-state index contributed by atoms with van der Waals surface area (Å²) in [4.78, 5) is 0. The zero-order valence-electron chi connectivity index (χ0n) is 8.77. The molecule has 0 aliphatic carbocycles. The Morgan fingerprint density at radius 2 is 2.07 bits per heavy atom. The molecule has 0 aromatic carbocycles. The third-order valence-electron chi connectivity index (χ3n) is 2.47. The van der Waals surface area contributed by atoms with Gasteiger partial charge in [-0.3, -0.25) is 0 Å². The van der Waals surface area contributed by atoms with Crippen molar-refractivity contribution in [2.24, 2.45) is 0 Å². The Bertz CT molecular complexity index is 250. The van der Waals surface area contributed by atoms with Gasteiger partial charge in [0.2, 0.25) is 0 Å². The minimum absolute atomic E-state index is 0.0653. The zero-order valence-corrected chi connectivity index (χ0v) is 8.77. The molecule has 1 aliphatic rings. The van der Waals surface area contributed by atoms with Crippen LogP contribution in [0.1, 0.15) is 26.7 Å². The number of alkyl halides is 3. The Labute approximate surface area is 86.7 Å². The first-order valence-electron chi connectivity index (χ1n) is 4.81. The van der Waals surface area contributed by atoms with Gasteiger partial charge in [0.05, 0.1) is 12.7 Å². The van der Waals surface area contributed by atoms with E-state index in [0.29, 0.717) is 0 Å². The Balaban J connectivity index is 2.66. The number of hydrogen-bond donors (Lipinski definition) is 1. The van der Waals surface area contributed by atoms with E-state index in [2.05, 4.69) is 4.74 Å². The molecule has 2 nitrogen and oxygen atoms in total. The standard InChI is InChI=1S/C10H15F3O2/c1-7(2)5-8(14)6-9(3-4-15-9)10(11,12)13/h5,8,14H,3-4,6H2,1-2H3. The lowest BCUT2D eigenvalue weighted by molar-refractivity contribution is -0.331. The minimum atomic E-state index is -4.40. The fourth-order valence-corrected chi connectivity index (χ4v) is 1.63. The van der Waals surface area contributed by atoms with Crippen molar-refractivity contribution in [1.82, 2.24) is 0 Å². The highest BCUT2D eigenvalue weighted by atomic mass is 19.4. The molecule has 1 rings (SSSR count). The van der Waals surface area contributed by atoms with Crippen LogP contribution in [0.3, 0.4) is 0 Å². The second-order valence-corrected chi connectivity index (χ2v) is 4.11. The number of ether oxygens (including phenoxy) is 1. The number of aliphatic hydroxyl groups is 1. The van der Waals surface area contributed by atoms with Gasteiger partial charge in [-0.05, 0) is 13.8 Å². The molecule has 1 heterocycles. The Morgan fingerprint density at radius 3 is 2.33 bits per heavy atom. The highest BCUT2D eigenvalue weighted by Crippen LogP contribution is 2.45. The summed E-state index contributed by atoms with van der Waals surface area (Å²) in [7, 11) is 0. The first kappa shape index (κ1) is 12.5. The summed E-state index contributed by atoms with van der Waals surface area (Å²) in [6.45, 7) is 3.57. The minimum Gasteiger partial charge on any atom is -0.389 e. The van der Waals surface area contributed by atoms with Crippen LogP contribution in [0.25, 0.3) is 0 Å². The second-order valence-electron chi connectivity index (χ2n) is 4.11. The summed E-state index contributed by atoms with van der Waals surface area (Å²) < 4.78 is 42.4. The molecule has 1 N–H and O–H groups in total. The van der Waals surface area contributed by atoms with Gasteiger partial charge in [0.1, 0.15) is 0 Å².